The predicted molar refractivity (Wildman–Crippen MR) is 101 cm³/mol. The summed E-state index contributed by atoms with van der Waals surface area (Å²) in [5.74, 6) is -0.233. The fraction of sp³-hybridized carbons (Fsp3) is 0.200. The molecule has 7 heteroatoms. The Bertz CT molecular complexity index is 1020. The fourth-order valence-corrected chi connectivity index (χ4v) is 2.85. The van der Waals surface area contributed by atoms with E-state index in [2.05, 4.69) is 15.3 Å². The van der Waals surface area contributed by atoms with Crippen LogP contribution in [0, 0.1) is 6.92 Å². The molecule has 0 radical (unpaired) electrons. The minimum absolute atomic E-state index is 0.109. The van der Waals surface area contributed by atoms with E-state index in [1.807, 2.05) is 13.0 Å². The van der Waals surface area contributed by atoms with E-state index in [-0.39, 0.29) is 34.9 Å². The normalized spacial score (nSPS) is 13.4. The number of rotatable bonds is 5. The lowest BCUT2D eigenvalue weighted by molar-refractivity contribution is 0.0950. The first-order valence-corrected chi connectivity index (χ1v) is 8.75. The van der Waals surface area contributed by atoms with E-state index >= 15 is 0 Å². The molecule has 0 saturated heterocycles. The molecular weight excluding hydrogens is 342 g/mol. The molecular formula is C20H19N5O2. The molecule has 0 unspecified atom stereocenters. The maximum absolute atomic E-state index is 12.6. The fourth-order valence-electron chi connectivity index (χ4n) is 2.85. The number of hydrogen-bond acceptors (Lipinski definition) is 5. The number of nitrogens with two attached hydrogens (primary N) is 1. The van der Waals surface area contributed by atoms with E-state index < -0.39 is 0 Å². The van der Waals surface area contributed by atoms with Gasteiger partial charge in [-0.1, -0.05) is 12.1 Å². The third-order valence-corrected chi connectivity index (χ3v) is 4.56. The SMILES string of the molecule is Cc1ccc(C(=O)NC2CC2)cc1-n1cnc(C(=O)c2ccccn2)c1N. The van der Waals surface area contributed by atoms with Crippen LogP contribution in [-0.4, -0.2) is 32.3 Å². The van der Waals surface area contributed by atoms with E-state index in [4.69, 9.17) is 5.73 Å². The number of aryl methyl sites for hydroxylation is 1. The van der Waals surface area contributed by atoms with Crippen LogP contribution in [0.3, 0.4) is 0 Å². The Morgan fingerprint density at radius 1 is 1.19 bits per heavy atom. The standard InChI is InChI=1S/C20H19N5O2/c1-12-5-6-13(20(27)24-14-7-8-14)10-16(12)25-11-23-17(19(25)21)18(26)15-4-2-3-9-22-15/h2-6,9-11,14H,7-8,21H2,1H3,(H,24,27). The minimum Gasteiger partial charge on any atom is -0.383 e. The third kappa shape index (κ3) is 3.31. The van der Waals surface area contributed by atoms with Crippen LogP contribution in [0.25, 0.3) is 5.69 Å². The summed E-state index contributed by atoms with van der Waals surface area (Å²) >= 11 is 0. The number of anilines is 1. The highest BCUT2D eigenvalue weighted by Gasteiger charge is 2.24. The van der Waals surface area contributed by atoms with Gasteiger partial charge < -0.3 is 11.1 Å². The maximum atomic E-state index is 12.6. The van der Waals surface area contributed by atoms with Gasteiger partial charge in [0.2, 0.25) is 5.78 Å². The van der Waals surface area contributed by atoms with Crippen molar-refractivity contribution in [2.45, 2.75) is 25.8 Å². The number of benzene rings is 1. The number of imidazole rings is 1. The van der Waals surface area contributed by atoms with Crippen molar-refractivity contribution in [2.24, 2.45) is 0 Å². The smallest absolute Gasteiger partial charge is 0.251 e. The molecule has 4 rings (SSSR count). The second-order valence-electron chi connectivity index (χ2n) is 6.64. The van der Waals surface area contributed by atoms with Crippen molar-refractivity contribution in [1.29, 1.82) is 0 Å². The van der Waals surface area contributed by atoms with Gasteiger partial charge in [0.1, 0.15) is 17.8 Å². The van der Waals surface area contributed by atoms with Crippen molar-refractivity contribution >= 4 is 17.5 Å². The highest BCUT2D eigenvalue weighted by atomic mass is 16.1. The van der Waals surface area contributed by atoms with Crippen LogP contribution in [0.1, 0.15) is 44.9 Å². The summed E-state index contributed by atoms with van der Waals surface area (Å²) in [6.45, 7) is 1.91. The molecule has 7 nitrogen and oxygen atoms in total. The van der Waals surface area contributed by atoms with Crippen LogP contribution < -0.4 is 11.1 Å². The zero-order chi connectivity index (χ0) is 19.0. The average Bonchev–Trinajstić information content (AvgIpc) is 3.42. The Morgan fingerprint density at radius 3 is 2.70 bits per heavy atom. The van der Waals surface area contributed by atoms with E-state index in [0.717, 1.165) is 18.4 Å². The number of hydrogen-bond donors (Lipinski definition) is 2. The molecule has 1 fully saturated rings. The molecule has 2 aromatic heterocycles. The number of carbonyl (C=O) groups excluding carboxylic acids is 2. The summed E-state index contributed by atoms with van der Waals surface area (Å²) in [5, 5.41) is 2.97. The molecule has 3 N–H and O–H groups in total. The molecule has 1 amide bonds. The molecule has 1 aliphatic carbocycles. The number of amides is 1. The Kier molecular flexibility index (Phi) is 4.19. The summed E-state index contributed by atoms with van der Waals surface area (Å²) in [7, 11) is 0. The Morgan fingerprint density at radius 2 is 2.00 bits per heavy atom. The molecule has 0 spiro atoms. The zero-order valence-corrected chi connectivity index (χ0v) is 14.8. The van der Waals surface area contributed by atoms with Crippen molar-refractivity contribution in [2.75, 3.05) is 5.73 Å². The summed E-state index contributed by atoms with van der Waals surface area (Å²) in [5.41, 5.74) is 8.81. The van der Waals surface area contributed by atoms with E-state index in [1.165, 1.54) is 6.33 Å². The second kappa shape index (κ2) is 6.68. The number of carbonyl (C=O) groups is 2. The van der Waals surface area contributed by atoms with Gasteiger partial charge in [0.25, 0.3) is 5.91 Å². The first-order chi connectivity index (χ1) is 13.0. The van der Waals surface area contributed by atoms with Gasteiger partial charge in [-0.2, -0.15) is 0 Å². The number of ketones is 1. The van der Waals surface area contributed by atoms with Crippen molar-refractivity contribution in [1.82, 2.24) is 19.9 Å². The number of nitrogens with one attached hydrogen (secondary N) is 1. The van der Waals surface area contributed by atoms with Crippen molar-refractivity contribution < 1.29 is 9.59 Å². The van der Waals surface area contributed by atoms with Gasteiger partial charge in [-0.3, -0.25) is 19.1 Å². The average molecular weight is 361 g/mol. The van der Waals surface area contributed by atoms with Crippen molar-refractivity contribution in [3.05, 3.63) is 71.4 Å². The molecule has 0 bridgehead atoms. The Balaban J connectivity index is 1.68. The van der Waals surface area contributed by atoms with Crippen molar-refractivity contribution in [3.8, 4) is 5.69 Å². The van der Waals surface area contributed by atoms with Gasteiger partial charge in [0, 0.05) is 17.8 Å². The Labute approximate surface area is 156 Å². The van der Waals surface area contributed by atoms with Crippen LogP contribution >= 0.6 is 0 Å². The predicted octanol–water partition coefficient (Wildman–Crippen LogP) is 2.28. The van der Waals surface area contributed by atoms with Gasteiger partial charge in [-0.25, -0.2) is 4.98 Å². The van der Waals surface area contributed by atoms with Gasteiger partial charge >= 0.3 is 0 Å². The lowest BCUT2D eigenvalue weighted by Crippen LogP contribution is -2.25. The summed E-state index contributed by atoms with van der Waals surface area (Å²) in [6.07, 6.45) is 5.10. The molecule has 1 saturated carbocycles. The number of nitrogen functional groups attached to an aromatic ring is 1. The molecule has 136 valence electrons. The molecule has 1 aromatic carbocycles. The summed E-state index contributed by atoms with van der Waals surface area (Å²) < 4.78 is 1.62. The zero-order valence-electron chi connectivity index (χ0n) is 14.8. The molecule has 0 aliphatic heterocycles. The maximum Gasteiger partial charge on any atom is 0.251 e. The minimum atomic E-state index is -0.341. The number of nitrogens with zero attached hydrogens (tertiary/aromatic N) is 3. The lowest BCUT2D eigenvalue weighted by atomic mass is 10.1. The van der Waals surface area contributed by atoms with Gasteiger partial charge in [-0.05, 0) is 49.6 Å². The number of pyridine rings is 1. The van der Waals surface area contributed by atoms with Gasteiger partial charge in [0.05, 0.1) is 5.69 Å². The highest BCUT2D eigenvalue weighted by Crippen LogP contribution is 2.24. The highest BCUT2D eigenvalue weighted by molar-refractivity contribution is 6.09. The van der Waals surface area contributed by atoms with Gasteiger partial charge in [-0.15, -0.1) is 0 Å². The third-order valence-electron chi connectivity index (χ3n) is 4.56. The second-order valence-corrected chi connectivity index (χ2v) is 6.64. The monoisotopic (exact) mass is 361 g/mol. The van der Waals surface area contributed by atoms with Gasteiger partial charge in [0.15, 0.2) is 5.69 Å². The number of aromatic nitrogens is 3. The molecule has 0 atom stereocenters. The topological polar surface area (TPSA) is 103 Å². The van der Waals surface area contributed by atoms with E-state index in [9.17, 15) is 9.59 Å². The molecule has 27 heavy (non-hydrogen) atoms. The summed E-state index contributed by atoms with van der Waals surface area (Å²) in [6, 6.07) is 10.8. The molecule has 2 heterocycles. The largest absolute Gasteiger partial charge is 0.383 e. The lowest BCUT2D eigenvalue weighted by Gasteiger charge is -2.11. The van der Waals surface area contributed by atoms with E-state index in [0.29, 0.717) is 11.3 Å². The van der Waals surface area contributed by atoms with E-state index in [1.54, 1.807) is 41.1 Å². The summed E-state index contributed by atoms with van der Waals surface area (Å²) in [4.78, 5) is 33.2. The van der Waals surface area contributed by atoms with Crippen LogP contribution in [0.2, 0.25) is 0 Å². The first-order valence-electron chi connectivity index (χ1n) is 8.75. The van der Waals surface area contributed by atoms with Crippen LogP contribution in [0.4, 0.5) is 5.82 Å². The van der Waals surface area contributed by atoms with Crippen LogP contribution in [-0.2, 0) is 0 Å². The van der Waals surface area contributed by atoms with Crippen molar-refractivity contribution in [3.63, 3.8) is 0 Å². The molecule has 1 aliphatic rings. The Hall–Kier alpha value is -3.48. The van der Waals surface area contributed by atoms with Crippen LogP contribution in [0.15, 0.2) is 48.9 Å². The first kappa shape index (κ1) is 17.0. The quantitative estimate of drug-likeness (QED) is 0.679. The van der Waals surface area contributed by atoms with Crippen LogP contribution in [0.5, 0.6) is 0 Å². The molecule has 3 aromatic rings.